The van der Waals surface area contributed by atoms with Gasteiger partial charge in [0.15, 0.2) is 5.84 Å². The molecule has 1 aliphatic carbocycles. The van der Waals surface area contributed by atoms with Gasteiger partial charge in [-0.1, -0.05) is 12.5 Å². The van der Waals surface area contributed by atoms with Crippen LogP contribution < -0.4 is 15.2 Å². The molecular weight excluding hydrogens is 352 g/mol. The van der Waals surface area contributed by atoms with Crippen LogP contribution in [0.1, 0.15) is 44.1 Å². The lowest BCUT2D eigenvalue weighted by molar-refractivity contribution is -0.142. The number of hydrogen-bond donors (Lipinski definition) is 2. The summed E-state index contributed by atoms with van der Waals surface area (Å²) in [6, 6.07) is 5.55. The Bertz CT molecular complexity index is 722. The third-order valence-corrected chi connectivity index (χ3v) is 6.21. The van der Waals surface area contributed by atoms with E-state index in [1.165, 1.54) is 0 Å². The van der Waals surface area contributed by atoms with Crippen LogP contribution in [-0.4, -0.2) is 40.4 Å². The molecule has 0 aromatic heterocycles. The van der Waals surface area contributed by atoms with Crippen molar-refractivity contribution in [1.82, 2.24) is 4.90 Å². The SMILES string of the molecule is NC1=N[S+]([O-])Nc2cccc(OC[C@H]3CCCCN3C(=O)C3CCC3)c21. The maximum absolute atomic E-state index is 12.7. The van der Waals surface area contributed by atoms with Crippen LogP contribution in [-0.2, 0) is 16.3 Å². The lowest BCUT2D eigenvalue weighted by Gasteiger charge is -2.39. The number of carbonyl (C=O) groups excluding carboxylic acids is 1. The van der Waals surface area contributed by atoms with Crippen molar-refractivity contribution in [1.29, 1.82) is 0 Å². The average molecular weight is 376 g/mol. The zero-order chi connectivity index (χ0) is 18.1. The number of nitrogens with two attached hydrogens (primary N) is 1. The second-order valence-electron chi connectivity index (χ2n) is 7.13. The van der Waals surface area contributed by atoms with Crippen molar-refractivity contribution in [2.75, 3.05) is 17.9 Å². The molecule has 0 spiro atoms. The van der Waals surface area contributed by atoms with E-state index in [-0.39, 0.29) is 23.7 Å². The van der Waals surface area contributed by atoms with Gasteiger partial charge in [-0.2, -0.15) is 4.72 Å². The molecule has 2 fully saturated rings. The van der Waals surface area contributed by atoms with E-state index in [9.17, 15) is 9.35 Å². The van der Waals surface area contributed by atoms with Crippen LogP contribution >= 0.6 is 0 Å². The Morgan fingerprint density at radius 3 is 2.96 bits per heavy atom. The summed E-state index contributed by atoms with van der Waals surface area (Å²) in [5.74, 6) is 1.31. The molecular formula is C18H24N4O3S. The van der Waals surface area contributed by atoms with Gasteiger partial charge in [0.2, 0.25) is 17.5 Å². The number of piperidine rings is 1. The molecule has 1 aromatic rings. The number of nitrogens with zero attached hydrogens (tertiary/aromatic N) is 2. The normalized spacial score (nSPS) is 25.6. The Labute approximate surface area is 156 Å². The number of hydrogen-bond acceptors (Lipinski definition) is 6. The largest absolute Gasteiger partial charge is 0.566 e. The van der Waals surface area contributed by atoms with Gasteiger partial charge in [0.1, 0.15) is 12.4 Å². The van der Waals surface area contributed by atoms with E-state index in [0.717, 1.165) is 45.1 Å². The van der Waals surface area contributed by atoms with Gasteiger partial charge in [-0.05, 0) is 48.6 Å². The van der Waals surface area contributed by atoms with E-state index >= 15 is 0 Å². The minimum Gasteiger partial charge on any atom is -0.566 e. The summed E-state index contributed by atoms with van der Waals surface area (Å²) in [4.78, 5) is 14.7. The molecule has 1 saturated heterocycles. The van der Waals surface area contributed by atoms with E-state index < -0.39 is 11.5 Å². The average Bonchev–Trinajstić information content (AvgIpc) is 2.58. The molecule has 4 rings (SSSR count). The molecule has 1 saturated carbocycles. The van der Waals surface area contributed by atoms with Crippen LogP contribution in [0.25, 0.3) is 0 Å². The smallest absolute Gasteiger partial charge is 0.226 e. The zero-order valence-corrected chi connectivity index (χ0v) is 15.5. The van der Waals surface area contributed by atoms with Gasteiger partial charge in [-0.15, -0.1) is 0 Å². The molecule has 26 heavy (non-hydrogen) atoms. The minimum absolute atomic E-state index is 0.0940. The first kappa shape index (κ1) is 17.5. The number of rotatable bonds is 4. The molecule has 2 aliphatic heterocycles. The van der Waals surface area contributed by atoms with Crippen LogP contribution in [0.2, 0.25) is 0 Å². The summed E-state index contributed by atoms with van der Waals surface area (Å²) in [6.45, 7) is 1.26. The summed E-state index contributed by atoms with van der Waals surface area (Å²) in [6.07, 6.45) is 6.33. The van der Waals surface area contributed by atoms with E-state index in [0.29, 0.717) is 23.6 Å². The minimum atomic E-state index is -1.56. The van der Waals surface area contributed by atoms with E-state index in [1.54, 1.807) is 6.07 Å². The predicted octanol–water partition coefficient (Wildman–Crippen LogP) is 1.96. The number of ether oxygens (including phenoxy) is 1. The molecule has 1 unspecified atom stereocenters. The first-order valence-electron chi connectivity index (χ1n) is 9.23. The molecule has 3 N–H and O–H groups in total. The topological polar surface area (TPSA) is 103 Å². The molecule has 140 valence electrons. The highest BCUT2D eigenvalue weighted by atomic mass is 32.2. The predicted molar refractivity (Wildman–Crippen MR) is 101 cm³/mol. The highest BCUT2D eigenvalue weighted by Crippen LogP contribution is 2.33. The van der Waals surface area contributed by atoms with Gasteiger partial charge in [0.25, 0.3) is 0 Å². The Morgan fingerprint density at radius 1 is 1.35 bits per heavy atom. The number of fused-ring (bicyclic) bond motifs is 1. The third-order valence-electron chi connectivity index (χ3n) is 5.46. The fourth-order valence-corrected chi connectivity index (χ4v) is 4.47. The van der Waals surface area contributed by atoms with E-state index in [4.69, 9.17) is 10.5 Å². The Hall–Kier alpha value is -1.93. The van der Waals surface area contributed by atoms with Crippen molar-refractivity contribution in [3.63, 3.8) is 0 Å². The number of carbonyl (C=O) groups is 1. The highest BCUT2D eigenvalue weighted by molar-refractivity contribution is 7.91. The second kappa shape index (κ2) is 7.36. The van der Waals surface area contributed by atoms with Crippen LogP contribution in [0.15, 0.2) is 22.6 Å². The maximum atomic E-state index is 12.7. The number of anilines is 1. The summed E-state index contributed by atoms with van der Waals surface area (Å²) < 4.78 is 24.3. The third kappa shape index (κ3) is 3.35. The Kier molecular flexibility index (Phi) is 4.95. The standard InChI is InChI=1S/C18H24N4O3S/c19-17-16-14(20-26(24)21-17)8-4-9-15(16)25-11-13-7-1-2-10-22(13)18(23)12-5-3-6-12/h4,8-9,12-13,20H,1-3,5-7,10-11H2,(H2,19,21)/t13-,26?/m1/s1. The summed E-state index contributed by atoms with van der Waals surface area (Å²) in [7, 11) is 0. The lowest BCUT2D eigenvalue weighted by Crippen LogP contribution is -2.50. The van der Waals surface area contributed by atoms with Crippen molar-refractivity contribution in [3.05, 3.63) is 23.8 Å². The van der Waals surface area contributed by atoms with Crippen LogP contribution in [0.3, 0.4) is 0 Å². The lowest BCUT2D eigenvalue weighted by atomic mass is 9.83. The van der Waals surface area contributed by atoms with Crippen molar-refractivity contribution in [2.45, 2.75) is 44.6 Å². The molecule has 7 nitrogen and oxygen atoms in total. The van der Waals surface area contributed by atoms with Crippen LogP contribution in [0, 0.1) is 5.92 Å². The molecule has 3 aliphatic rings. The van der Waals surface area contributed by atoms with Crippen LogP contribution in [0.4, 0.5) is 5.69 Å². The van der Waals surface area contributed by atoms with Crippen molar-refractivity contribution in [3.8, 4) is 5.75 Å². The molecule has 1 aromatic carbocycles. The molecule has 8 heteroatoms. The monoisotopic (exact) mass is 376 g/mol. The molecule has 2 heterocycles. The Balaban J connectivity index is 1.48. The number of nitrogens with one attached hydrogen (secondary N) is 1. The quantitative estimate of drug-likeness (QED) is 0.782. The summed E-state index contributed by atoms with van der Waals surface area (Å²) in [5.41, 5.74) is 7.25. The number of benzene rings is 1. The van der Waals surface area contributed by atoms with Crippen LogP contribution in [0.5, 0.6) is 5.75 Å². The fraction of sp³-hybridized carbons (Fsp3) is 0.556. The first-order chi connectivity index (χ1) is 12.6. The van der Waals surface area contributed by atoms with Gasteiger partial charge in [0.05, 0.1) is 17.3 Å². The maximum Gasteiger partial charge on any atom is 0.226 e. The van der Waals surface area contributed by atoms with Gasteiger partial charge >= 0.3 is 0 Å². The molecule has 0 radical (unpaired) electrons. The second-order valence-corrected chi connectivity index (χ2v) is 8.01. The van der Waals surface area contributed by atoms with E-state index in [1.807, 2.05) is 17.0 Å². The summed E-state index contributed by atoms with van der Waals surface area (Å²) in [5, 5.41) is 0. The van der Waals surface area contributed by atoms with Crippen molar-refractivity contribution < 1.29 is 14.1 Å². The number of likely N-dealkylation sites (tertiary alicyclic amines) is 1. The molecule has 1 amide bonds. The van der Waals surface area contributed by atoms with Gasteiger partial charge < -0.3 is 19.9 Å². The van der Waals surface area contributed by atoms with Gasteiger partial charge in [-0.3, -0.25) is 4.79 Å². The number of amides is 1. The van der Waals surface area contributed by atoms with Gasteiger partial charge in [-0.25, -0.2) is 0 Å². The van der Waals surface area contributed by atoms with E-state index in [2.05, 4.69) is 9.12 Å². The summed E-state index contributed by atoms with van der Waals surface area (Å²) >= 11 is -1.56. The molecule has 0 bridgehead atoms. The number of amidine groups is 1. The first-order valence-corrected chi connectivity index (χ1v) is 10.3. The van der Waals surface area contributed by atoms with Crippen molar-refractivity contribution >= 4 is 29.0 Å². The van der Waals surface area contributed by atoms with Crippen molar-refractivity contribution in [2.24, 2.45) is 16.0 Å². The highest BCUT2D eigenvalue weighted by Gasteiger charge is 2.35. The van der Waals surface area contributed by atoms with Gasteiger partial charge in [0, 0.05) is 12.5 Å². The molecule has 2 atom stereocenters. The fourth-order valence-electron chi connectivity index (χ4n) is 3.79. The Morgan fingerprint density at radius 2 is 2.19 bits per heavy atom. The zero-order valence-electron chi connectivity index (χ0n) is 14.6.